The number of hydrogen-bond acceptors (Lipinski definition) is 3. The number of ether oxygens (including phenoxy) is 1. The van der Waals surface area contributed by atoms with Crippen molar-refractivity contribution in [1.29, 1.82) is 0 Å². The minimum absolute atomic E-state index is 0.730. The molecule has 2 aromatic carbocycles. The highest BCUT2D eigenvalue weighted by atomic mass is 16.5. The molecule has 0 saturated heterocycles. The van der Waals surface area contributed by atoms with Crippen LogP contribution in [0.15, 0.2) is 46.9 Å². The zero-order valence-electron chi connectivity index (χ0n) is 11.7. The number of fused-ring (bicyclic) bond motifs is 3. The zero-order chi connectivity index (χ0) is 13.8. The van der Waals surface area contributed by atoms with E-state index in [1.54, 1.807) is 0 Å². The molecule has 20 heavy (non-hydrogen) atoms. The summed E-state index contributed by atoms with van der Waals surface area (Å²) in [6.45, 7) is 4.84. The Bertz CT molecular complexity index is 702. The van der Waals surface area contributed by atoms with Gasteiger partial charge in [-0.2, -0.15) is 0 Å². The first kappa shape index (κ1) is 13.0. The minimum Gasteiger partial charge on any atom is -0.494 e. The lowest BCUT2D eigenvalue weighted by molar-refractivity contribution is 0.309. The topological polar surface area (TPSA) is 34.4 Å². The van der Waals surface area contributed by atoms with E-state index >= 15 is 0 Å². The highest BCUT2D eigenvalue weighted by molar-refractivity contribution is 6.05. The van der Waals surface area contributed by atoms with Gasteiger partial charge in [0.1, 0.15) is 16.9 Å². The predicted molar refractivity (Wildman–Crippen MR) is 82.4 cm³/mol. The lowest BCUT2D eigenvalue weighted by Gasteiger charge is -2.06. The van der Waals surface area contributed by atoms with Gasteiger partial charge in [-0.25, -0.2) is 0 Å². The molecule has 0 fully saturated rings. The number of para-hydroxylation sites is 1. The van der Waals surface area contributed by atoms with Gasteiger partial charge >= 0.3 is 0 Å². The molecule has 0 spiro atoms. The number of nitrogens with one attached hydrogen (secondary N) is 1. The average molecular weight is 269 g/mol. The van der Waals surface area contributed by atoms with Crippen LogP contribution in [0.25, 0.3) is 21.9 Å². The van der Waals surface area contributed by atoms with Gasteiger partial charge in [-0.1, -0.05) is 25.1 Å². The lowest BCUT2D eigenvalue weighted by Crippen LogP contribution is -2.16. The summed E-state index contributed by atoms with van der Waals surface area (Å²) in [5.41, 5.74) is 1.83. The molecule has 0 aliphatic heterocycles. The van der Waals surface area contributed by atoms with Crippen molar-refractivity contribution in [3.8, 4) is 5.75 Å². The molecule has 0 saturated carbocycles. The first-order valence-electron chi connectivity index (χ1n) is 7.13. The van der Waals surface area contributed by atoms with Gasteiger partial charge in [0.25, 0.3) is 0 Å². The number of furan rings is 1. The number of hydrogen-bond donors (Lipinski definition) is 1. The van der Waals surface area contributed by atoms with Crippen LogP contribution in [-0.4, -0.2) is 19.7 Å². The zero-order valence-corrected chi connectivity index (χ0v) is 11.7. The normalized spacial score (nSPS) is 11.2. The fourth-order valence-electron chi connectivity index (χ4n) is 2.36. The Labute approximate surface area is 118 Å². The molecule has 0 radical (unpaired) electrons. The maximum Gasteiger partial charge on any atom is 0.135 e. The summed E-state index contributed by atoms with van der Waals surface area (Å²) in [6, 6.07) is 14.1. The molecule has 3 heteroatoms. The molecule has 104 valence electrons. The molecule has 0 amide bonds. The third-order valence-electron chi connectivity index (χ3n) is 3.36. The number of benzene rings is 2. The van der Waals surface area contributed by atoms with E-state index < -0.39 is 0 Å². The van der Waals surface area contributed by atoms with Crippen LogP contribution >= 0.6 is 0 Å². The van der Waals surface area contributed by atoms with Crippen LogP contribution in [0.5, 0.6) is 5.75 Å². The van der Waals surface area contributed by atoms with E-state index in [4.69, 9.17) is 9.15 Å². The van der Waals surface area contributed by atoms with Crippen LogP contribution in [0.3, 0.4) is 0 Å². The Balaban J connectivity index is 1.77. The van der Waals surface area contributed by atoms with Gasteiger partial charge in [0.2, 0.25) is 0 Å². The maximum absolute atomic E-state index is 5.80. The Morgan fingerprint density at radius 1 is 1.05 bits per heavy atom. The lowest BCUT2D eigenvalue weighted by atomic mass is 10.1. The molecule has 3 aromatic rings. The molecule has 0 atom stereocenters. The van der Waals surface area contributed by atoms with Gasteiger partial charge in [0.05, 0.1) is 6.61 Å². The molecule has 1 aromatic heterocycles. The fourth-order valence-corrected chi connectivity index (χ4v) is 2.36. The van der Waals surface area contributed by atoms with E-state index in [0.29, 0.717) is 0 Å². The third-order valence-corrected chi connectivity index (χ3v) is 3.36. The highest BCUT2D eigenvalue weighted by Crippen LogP contribution is 2.31. The molecular formula is C17H19NO2. The summed E-state index contributed by atoms with van der Waals surface area (Å²) in [4.78, 5) is 0. The van der Waals surface area contributed by atoms with Crippen molar-refractivity contribution < 1.29 is 9.15 Å². The molecule has 1 heterocycles. The quantitative estimate of drug-likeness (QED) is 0.688. The van der Waals surface area contributed by atoms with Crippen molar-refractivity contribution in [3.05, 3.63) is 42.5 Å². The molecule has 0 aliphatic carbocycles. The molecular weight excluding hydrogens is 250 g/mol. The largest absolute Gasteiger partial charge is 0.494 e. The van der Waals surface area contributed by atoms with Crippen LogP contribution in [-0.2, 0) is 0 Å². The van der Waals surface area contributed by atoms with Gasteiger partial charge < -0.3 is 14.5 Å². The Hall–Kier alpha value is -2.00. The second kappa shape index (κ2) is 5.97. The second-order valence-electron chi connectivity index (χ2n) is 4.81. The van der Waals surface area contributed by atoms with Crippen LogP contribution in [0.4, 0.5) is 0 Å². The average Bonchev–Trinajstić information content (AvgIpc) is 2.85. The monoisotopic (exact) mass is 269 g/mol. The highest BCUT2D eigenvalue weighted by Gasteiger charge is 2.07. The summed E-state index contributed by atoms with van der Waals surface area (Å²) >= 11 is 0. The Morgan fingerprint density at radius 2 is 1.90 bits per heavy atom. The summed E-state index contributed by atoms with van der Waals surface area (Å²) in [5, 5.41) is 5.54. The van der Waals surface area contributed by atoms with Crippen molar-refractivity contribution >= 4 is 21.9 Å². The Morgan fingerprint density at radius 3 is 2.80 bits per heavy atom. The van der Waals surface area contributed by atoms with E-state index in [1.165, 1.54) is 0 Å². The van der Waals surface area contributed by atoms with Crippen LogP contribution in [0, 0.1) is 0 Å². The van der Waals surface area contributed by atoms with Crippen LogP contribution in [0.1, 0.15) is 13.3 Å². The van der Waals surface area contributed by atoms with E-state index in [1.807, 2.05) is 30.3 Å². The molecule has 0 bridgehead atoms. The van der Waals surface area contributed by atoms with Crippen molar-refractivity contribution in [2.75, 3.05) is 19.7 Å². The summed E-state index contributed by atoms with van der Waals surface area (Å²) in [5.74, 6) is 0.903. The maximum atomic E-state index is 5.80. The second-order valence-corrected chi connectivity index (χ2v) is 4.81. The predicted octanol–water partition coefficient (Wildman–Crippen LogP) is 3.96. The van der Waals surface area contributed by atoms with Gasteiger partial charge in [-0.3, -0.25) is 0 Å². The van der Waals surface area contributed by atoms with E-state index in [0.717, 1.165) is 53.8 Å². The molecule has 0 aliphatic rings. The summed E-state index contributed by atoms with van der Waals surface area (Å²) in [7, 11) is 0. The van der Waals surface area contributed by atoms with Gasteiger partial charge in [-0.05, 0) is 43.8 Å². The standard InChI is InChI=1S/C17H19NO2/c1-2-18-10-5-11-19-13-8-9-17-15(12-13)14-6-3-4-7-16(14)20-17/h3-4,6-9,12,18H,2,5,10-11H2,1H3. The van der Waals surface area contributed by atoms with Crippen molar-refractivity contribution in [2.45, 2.75) is 13.3 Å². The number of rotatable bonds is 6. The van der Waals surface area contributed by atoms with Crippen LogP contribution < -0.4 is 10.1 Å². The summed E-state index contributed by atoms with van der Waals surface area (Å²) in [6.07, 6.45) is 1.01. The molecule has 0 unspecified atom stereocenters. The SMILES string of the molecule is CCNCCCOc1ccc2oc3ccccc3c2c1. The van der Waals surface area contributed by atoms with Crippen LogP contribution in [0.2, 0.25) is 0 Å². The van der Waals surface area contributed by atoms with Crippen molar-refractivity contribution in [1.82, 2.24) is 5.32 Å². The Kier molecular flexibility index (Phi) is 3.88. The van der Waals surface area contributed by atoms with E-state index in [-0.39, 0.29) is 0 Å². The smallest absolute Gasteiger partial charge is 0.135 e. The molecule has 3 rings (SSSR count). The molecule has 3 nitrogen and oxygen atoms in total. The fraction of sp³-hybridized carbons (Fsp3) is 0.294. The van der Waals surface area contributed by atoms with Gasteiger partial charge in [0, 0.05) is 10.8 Å². The first-order chi connectivity index (χ1) is 9.88. The summed E-state index contributed by atoms with van der Waals surface area (Å²) < 4.78 is 11.6. The van der Waals surface area contributed by atoms with Crippen molar-refractivity contribution in [3.63, 3.8) is 0 Å². The van der Waals surface area contributed by atoms with E-state index in [9.17, 15) is 0 Å². The van der Waals surface area contributed by atoms with Crippen molar-refractivity contribution in [2.24, 2.45) is 0 Å². The third kappa shape index (κ3) is 2.63. The van der Waals surface area contributed by atoms with E-state index in [2.05, 4.69) is 24.4 Å². The van der Waals surface area contributed by atoms with Gasteiger partial charge in [0.15, 0.2) is 0 Å². The minimum atomic E-state index is 0.730. The first-order valence-corrected chi connectivity index (χ1v) is 7.13. The van der Waals surface area contributed by atoms with Gasteiger partial charge in [-0.15, -0.1) is 0 Å². The molecule has 1 N–H and O–H groups in total.